The van der Waals surface area contributed by atoms with Crippen molar-refractivity contribution in [1.82, 2.24) is 0 Å². The van der Waals surface area contributed by atoms with Crippen molar-refractivity contribution in [3.05, 3.63) is 57.2 Å². The van der Waals surface area contributed by atoms with Crippen molar-refractivity contribution in [2.24, 2.45) is 0 Å². The monoisotopic (exact) mass is 422 g/mol. The van der Waals surface area contributed by atoms with E-state index in [1.807, 2.05) is 36.4 Å². The van der Waals surface area contributed by atoms with Crippen molar-refractivity contribution in [3.8, 4) is 17.2 Å². The molecule has 3 rings (SSSR count). The molecular weight excluding hydrogens is 407 g/mol. The number of carbonyl (C=O) groups is 1. The number of ether oxygens (including phenoxy) is 3. The predicted octanol–water partition coefficient (Wildman–Crippen LogP) is 3.97. The minimum absolute atomic E-state index is 0.0461. The predicted molar refractivity (Wildman–Crippen MR) is 96.5 cm³/mol. The second-order valence-electron chi connectivity index (χ2n) is 4.95. The first-order valence-corrected chi connectivity index (χ1v) is 8.21. The minimum Gasteiger partial charge on any atom is -0.493 e. The standard InChI is InChI=1S/C18H15IO4/c1-21-16-10-12(11-17-18(16)23-9-8-22-17)2-7-15(20)13-3-5-14(19)6-4-13/h2-7,10-11H,8-9H2,1H3/b7-2+. The Morgan fingerprint density at radius 2 is 1.91 bits per heavy atom. The molecule has 0 bridgehead atoms. The van der Waals surface area contributed by atoms with Gasteiger partial charge in [-0.15, -0.1) is 0 Å². The molecule has 0 aromatic heterocycles. The molecule has 118 valence electrons. The highest BCUT2D eigenvalue weighted by molar-refractivity contribution is 14.1. The van der Waals surface area contributed by atoms with E-state index in [0.717, 1.165) is 9.13 Å². The molecule has 0 radical (unpaired) electrons. The zero-order valence-electron chi connectivity index (χ0n) is 12.5. The Hall–Kier alpha value is -2.02. The molecule has 0 spiro atoms. The second-order valence-corrected chi connectivity index (χ2v) is 6.20. The highest BCUT2D eigenvalue weighted by atomic mass is 127. The van der Waals surface area contributed by atoms with E-state index in [0.29, 0.717) is 36.0 Å². The molecule has 0 aliphatic carbocycles. The molecule has 1 heterocycles. The highest BCUT2D eigenvalue weighted by Gasteiger charge is 2.17. The summed E-state index contributed by atoms with van der Waals surface area (Å²) in [5, 5.41) is 0. The van der Waals surface area contributed by atoms with Crippen LogP contribution >= 0.6 is 22.6 Å². The van der Waals surface area contributed by atoms with Gasteiger partial charge in [0, 0.05) is 9.13 Å². The largest absolute Gasteiger partial charge is 0.493 e. The summed E-state index contributed by atoms with van der Waals surface area (Å²) < 4.78 is 17.6. The maximum absolute atomic E-state index is 12.2. The van der Waals surface area contributed by atoms with Crippen LogP contribution in [0.3, 0.4) is 0 Å². The third kappa shape index (κ3) is 3.67. The molecule has 1 aliphatic rings. The first kappa shape index (κ1) is 15.9. The number of allylic oxidation sites excluding steroid dienone is 1. The van der Waals surface area contributed by atoms with Gasteiger partial charge in [-0.1, -0.05) is 18.2 Å². The van der Waals surface area contributed by atoms with E-state index in [1.165, 1.54) is 0 Å². The van der Waals surface area contributed by atoms with Crippen LogP contribution in [0.1, 0.15) is 15.9 Å². The molecule has 23 heavy (non-hydrogen) atoms. The van der Waals surface area contributed by atoms with Crippen molar-refractivity contribution < 1.29 is 19.0 Å². The van der Waals surface area contributed by atoms with Crippen LogP contribution in [0.2, 0.25) is 0 Å². The first-order chi connectivity index (χ1) is 11.2. The van der Waals surface area contributed by atoms with Crippen LogP contribution < -0.4 is 14.2 Å². The fraction of sp³-hybridized carbons (Fsp3) is 0.167. The van der Waals surface area contributed by atoms with Crippen LogP contribution in [-0.4, -0.2) is 26.1 Å². The fourth-order valence-electron chi connectivity index (χ4n) is 2.27. The number of methoxy groups -OCH3 is 1. The van der Waals surface area contributed by atoms with Crippen molar-refractivity contribution in [1.29, 1.82) is 0 Å². The van der Waals surface area contributed by atoms with Gasteiger partial charge in [-0.3, -0.25) is 4.79 Å². The molecule has 0 N–H and O–H groups in total. The van der Waals surface area contributed by atoms with Crippen LogP contribution in [0, 0.1) is 3.57 Å². The van der Waals surface area contributed by atoms with E-state index in [4.69, 9.17) is 14.2 Å². The van der Waals surface area contributed by atoms with Gasteiger partial charge in [-0.2, -0.15) is 0 Å². The first-order valence-electron chi connectivity index (χ1n) is 7.13. The van der Waals surface area contributed by atoms with Gasteiger partial charge in [0.15, 0.2) is 17.3 Å². The van der Waals surface area contributed by atoms with Gasteiger partial charge in [0.1, 0.15) is 13.2 Å². The molecule has 5 heteroatoms. The molecule has 0 atom stereocenters. The van der Waals surface area contributed by atoms with E-state index < -0.39 is 0 Å². The number of halogens is 1. The molecule has 2 aromatic rings. The van der Waals surface area contributed by atoms with Gasteiger partial charge in [-0.05, 0) is 58.5 Å². The minimum atomic E-state index is -0.0461. The maximum Gasteiger partial charge on any atom is 0.203 e. The highest BCUT2D eigenvalue weighted by Crippen LogP contribution is 2.40. The Kier molecular flexibility index (Phi) is 4.85. The summed E-state index contributed by atoms with van der Waals surface area (Å²) >= 11 is 2.21. The summed E-state index contributed by atoms with van der Waals surface area (Å²) in [6.45, 7) is 1.01. The van der Waals surface area contributed by atoms with Gasteiger partial charge in [0.2, 0.25) is 5.75 Å². The molecule has 0 fully saturated rings. The summed E-state index contributed by atoms with van der Waals surface area (Å²) in [5.74, 6) is 1.80. The zero-order valence-corrected chi connectivity index (χ0v) is 14.7. The van der Waals surface area contributed by atoms with E-state index in [9.17, 15) is 4.79 Å². The summed E-state index contributed by atoms with van der Waals surface area (Å²) in [4.78, 5) is 12.2. The number of hydrogen-bond donors (Lipinski definition) is 0. The molecule has 0 saturated heterocycles. The van der Waals surface area contributed by atoms with Crippen molar-refractivity contribution >= 4 is 34.5 Å². The number of rotatable bonds is 4. The molecule has 2 aromatic carbocycles. The smallest absolute Gasteiger partial charge is 0.203 e. The van der Waals surface area contributed by atoms with E-state index >= 15 is 0 Å². The van der Waals surface area contributed by atoms with Crippen LogP contribution in [0.15, 0.2) is 42.5 Å². The molecule has 4 nitrogen and oxygen atoms in total. The second kappa shape index (κ2) is 7.04. The summed E-state index contributed by atoms with van der Waals surface area (Å²) in [6.07, 6.45) is 3.30. The summed E-state index contributed by atoms with van der Waals surface area (Å²) in [5.41, 5.74) is 1.48. The fourth-order valence-corrected chi connectivity index (χ4v) is 2.63. The number of ketones is 1. The topological polar surface area (TPSA) is 44.8 Å². The summed E-state index contributed by atoms with van der Waals surface area (Å²) in [6, 6.07) is 11.1. The quantitative estimate of drug-likeness (QED) is 0.425. The Bertz CT molecular complexity index is 733. The normalized spacial score (nSPS) is 13.1. The zero-order chi connectivity index (χ0) is 16.2. The molecule has 0 amide bonds. The summed E-state index contributed by atoms with van der Waals surface area (Å²) in [7, 11) is 1.58. The third-order valence-electron chi connectivity index (χ3n) is 3.41. The Labute approximate surface area is 148 Å². The lowest BCUT2D eigenvalue weighted by atomic mass is 10.1. The van der Waals surface area contributed by atoms with Crippen molar-refractivity contribution in [3.63, 3.8) is 0 Å². The Balaban J connectivity index is 1.84. The maximum atomic E-state index is 12.2. The SMILES string of the molecule is COc1cc(/C=C/C(=O)c2ccc(I)cc2)cc2c1OCCO2. The van der Waals surface area contributed by atoms with E-state index in [2.05, 4.69) is 22.6 Å². The number of benzene rings is 2. The number of hydrogen-bond acceptors (Lipinski definition) is 4. The lowest BCUT2D eigenvalue weighted by Crippen LogP contribution is -2.16. The lowest BCUT2D eigenvalue weighted by Gasteiger charge is -2.20. The van der Waals surface area contributed by atoms with Gasteiger partial charge < -0.3 is 14.2 Å². The van der Waals surface area contributed by atoms with Crippen molar-refractivity contribution in [2.45, 2.75) is 0 Å². The van der Waals surface area contributed by atoms with E-state index in [-0.39, 0.29) is 5.78 Å². The molecule has 1 aliphatic heterocycles. The Morgan fingerprint density at radius 1 is 1.17 bits per heavy atom. The van der Waals surface area contributed by atoms with Crippen LogP contribution in [-0.2, 0) is 0 Å². The van der Waals surface area contributed by atoms with Gasteiger partial charge in [0.25, 0.3) is 0 Å². The lowest BCUT2D eigenvalue weighted by molar-refractivity contribution is 0.104. The average Bonchev–Trinajstić information content (AvgIpc) is 2.59. The van der Waals surface area contributed by atoms with Crippen molar-refractivity contribution in [2.75, 3.05) is 20.3 Å². The van der Waals surface area contributed by atoms with Crippen LogP contribution in [0.4, 0.5) is 0 Å². The van der Waals surface area contributed by atoms with E-state index in [1.54, 1.807) is 19.3 Å². The average molecular weight is 422 g/mol. The molecule has 0 unspecified atom stereocenters. The van der Waals surface area contributed by atoms with Gasteiger partial charge in [0.05, 0.1) is 7.11 Å². The van der Waals surface area contributed by atoms with Crippen LogP contribution in [0.5, 0.6) is 17.2 Å². The number of fused-ring (bicyclic) bond motifs is 1. The Morgan fingerprint density at radius 3 is 2.65 bits per heavy atom. The third-order valence-corrected chi connectivity index (χ3v) is 4.13. The van der Waals surface area contributed by atoms with Gasteiger partial charge in [-0.25, -0.2) is 0 Å². The van der Waals surface area contributed by atoms with Crippen LogP contribution in [0.25, 0.3) is 6.08 Å². The molecular formula is C18H15IO4. The molecule has 0 saturated carbocycles. The number of carbonyl (C=O) groups excluding carboxylic acids is 1. The van der Waals surface area contributed by atoms with Gasteiger partial charge >= 0.3 is 0 Å².